The van der Waals surface area contributed by atoms with Gasteiger partial charge in [-0.05, 0) is 23.3 Å². The number of nitrogens with two attached hydrogens (primary N) is 1. The Hall–Kier alpha value is -4.29. The van der Waals surface area contributed by atoms with Gasteiger partial charge in [0.2, 0.25) is 11.8 Å². The number of allylic oxidation sites excluding steroid dienone is 1. The van der Waals surface area contributed by atoms with Gasteiger partial charge in [-0.1, -0.05) is 42.5 Å². The molecule has 3 aromatic rings. The lowest BCUT2D eigenvalue weighted by molar-refractivity contribution is 0.0416. The smallest absolute Gasteiger partial charge is 0.415 e. The van der Waals surface area contributed by atoms with Gasteiger partial charge < -0.3 is 24.8 Å². The zero-order valence-electron chi connectivity index (χ0n) is 17.7. The number of hydrogen-bond donors (Lipinski definition) is 2. The highest BCUT2D eigenvalue weighted by Gasteiger charge is 2.35. The van der Waals surface area contributed by atoms with Crippen LogP contribution in [0.3, 0.4) is 0 Å². The lowest BCUT2D eigenvalue weighted by Gasteiger charge is -2.26. The average molecular weight is 443 g/mol. The van der Waals surface area contributed by atoms with Crippen LogP contribution in [0, 0.1) is 11.3 Å². The fourth-order valence-corrected chi connectivity index (χ4v) is 4.04. The van der Waals surface area contributed by atoms with Crippen molar-refractivity contribution in [1.82, 2.24) is 15.1 Å². The number of nitrogens with zero attached hydrogens (tertiary/aromatic N) is 3. The van der Waals surface area contributed by atoms with E-state index < -0.39 is 12.0 Å². The lowest BCUT2D eigenvalue weighted by Crippen LogP contribution is -2.42. The molecule has 2 aliphatic rings. The molecule has 33 heavy (non-hydrogen) atoms. The molecule has 3 N–H and O–H groups in total. The largest absolute Gasteiger partial charge is 0.420 e. The zero-order chi connectivity index (χ0) is 22.8. The first-order chi connectivity index (χ1) is 16.2. The molecule has 1 saturated heterocycles. The number of ether oxygens (including phenoxy) is 3. The minimum Gasteiger partial charge on any atom is -0.420 e. The first-order valence-corrected chi connectivity index (χ1v) is 10.5. The number of morpholine rings is 1. The predicted octanol–water partition coefficient (Wildman–Crippen LogP) is 3.13. The molecule has 0 radical (unpaired) electrons. The molecule has 166 valence electrons. The molecule has 9 nitrogen and oxygen atoms in total. The Morgan fingerprint density at radius 2 is 1.88 bits per heavy atom. The van der Waals surface area contributed by atoms with E-state index in [-0.39, 0.29) is 5.88 Å². The van der Waals surface area contributed by atoms with Crippen LogP contribution in [0.4, 0.5) is 4.79 Å². The Balaban J connectivity index is 1.48. The maximum Gasteiger partial charge on any atom is 0.415 e. The molecule has 9 heteroatoms. The monoisotopic (exact) mass is 443 g/mol. The van der Waals surface area contributed by atoms with Crippen molar-refractivity contribution in [3.05, 3.63) is 77.2 Å². The molecule has 1 aromatic heterocycles. The highest BCUT2D eigenvalue weighted by Crippen LogP contribution is 2.45. The number of carbonyl (C=O) groups is 1. The highest BCUT2D eigenvalue weighted by molar-refractivity contribution is 5.72. The maximum absolute atomic E-state index is 12.4. The van der Waals surface area contributed by atoms with Crippen molar-refractivity contribution in [1.29, 1.82) is 5.26 Å². The minimum atomic E-state index is -0.489. The number of rotatable bonds is 3. The van der Waals surface area contributed by atoms with Gasteiger partial charge in [-0.3, -0.25) is 5.10 Å². The van der Waals surface area contributed by atoms with Gasteiger partial charge in [0.15, 0.2) is 0 Å². The standard InChI is InChI=1S/C24H21N5O4/c25-14-18-19(15-6-8-17(9-7-15)32-24(30)29-10-12-31-13-11-29)20-21(16-4-2-1-3-5-16)27-28-23(20)33-22(18)26/h1-9,19H,10-13,26H2,(H,27,28)/t19-/m1/s1. The van der Waals surface area contributed by atoms with E-state index in [1.807, 2.05) is 42.5 Å². The topological polar surface area (TPSA) is 126 Å². The fourth-order valence-electron chi connectivity index (χ4n) is 4.04. The third kappa shape index (κ3) is 3.88. The van der Waals surface area contributed by atoms with Gasteiger partial charge in [-0.15, -0.1) is 5.10 Å². The van der Waals surface area contributed by atoms with Gasteiger partial charge in [-0.2, -0.15) is 5.26 Å². The number of hydrogen-bond acceptors (Lipinski definition) is 7. The Labute approximate surface area is 190 Å². The second-order valence-electron chi connectivity index (χ2n) is 7.64. The van der Waals surface area contributed by atoms with Gasteiger partial charge in [0.25, 0.3) is 0 Å². The first kappa shape index (κ1) is 20.6. The number of benzene rings is 2. The Bertz CT molecular complexity index is 1240. The molecule has 5 rings (SSSR count). The summed E-state index contributed by atoms with van der Waals surface area (Å²) in [6.45, 7) is 2.00. The summed E-state index contributed by atoms with van der Waals surface area (Å²) in [6, 6.07) is 18.9. The van der Waals surface area contributed by atoms with Crippen LogP contribution < -0.4 is 15.2 Å². The average Bonchev–Trinajstić information content (AvgIpc) is 3.28. The zero-order valence-corrected chi connectivity index (χ0v) is 17.7. The van der Waals surface area contributed by atoms with E-state index in [0.717, 1.165) is 22.4 Å². The Morgan fingerprint density at radius 3 is 2.58 bits per heavy atom. The summed E-state index contributed by atoms with van der Waals surface area (Å²) in [7, 11) is 0. The first-order valence-electron chi connectivity index (χ1n) is 10.5. The second-order valence-corrected chi connectivity index (χ2v) is 7.64. The number of carbonyl (C=O) groups excluding carboxylic acids is 1. The summed E-state index contributed by atoms with van der Waals surface area (Å²) in [4.78, 5) is 14.0. The van der Waals surface area contributed by atoms with Crippen LogP contribution in [-0.4, -0.2) is 47.5 Å². The van der Waals surface area contributed by atoms with E-state index in [2.05, 4.69) is 16.3 Å². The molecule has 1 amide bonds. The normalized spacial score (nSPS) is 17.7. The molecular formula is C24H21N5O4. The van der Waals surface area contributed by atoms with Gasteiger partial charge in [0.1, 0.15) is 17.4 Å². The molecule has 0 bridgehead atoms. The molecule has 0 saturated carbocycles. The van der Waals surface area contributed by atoms with Crippen LogP contribution in [0.1, 0.15) is 17.0 Å². The Kier molecular flexibility index (Phi) is 5.42. The fraction of sp³-hybridized carbons (Fsp3) is 0.208. The van der Waals surface area contributed by atoms with Gasteiger partial charge >= 0.3 is 6.09 Å². The van der Waals surface area contributed by atoms with Crippen LogP contribution in [0.15, 0.2) is 66.1 Å². The number of aromatic nitrogens is 2. The number of aromatic amines is 1. The molecule has 0 aliphatic carbocycles. The SMILES string of the molecule is N#CC1=C(N)Oc2n[nH]c(-c3ccccc3)c2[C@@H]1c1ccc(OC(=O)N2CCOCC2)cc1. The van der Waals surface area contributed by atoms with E-state index >= 15 is 0 Å². The van der Waals surface area contributed by atoms with Crippen LogP contribution in [0.5, 0.6) is 11.6 Å². The van der Waals surface area contributed by atoms with Crippen molar-refractivity contribution < 1.29 is 19.0 Å². The lowest BCUT2D eigenvalue weighted by atomic mass is 9.83. The summed E-state index contributed by atoms with van der Waals surface area (Å²) < 4.78 is 16.4. The Morgan fingerprint density at radius 1 is 1.15 bits per heavy atom. The molecule has 2 aromatic carbocycles. The third-order valence-electron chi connectivity index (χ3n) is 5.69. The maximum atomic E-state index is 12.4. The quantitative estimate of drug-likeness (QED) is 0.637. The van der Waals surface area contributed by atoms with Gasteiger partial charge in [0, 0.05) is 13.1 Å². The molecule has 3 heterocycles. The summed E-state index contributed by atoms with van der Waals surface area (Å²) in [5.41, 5.74) is 9.53. The van der Waals surface area contributed by atoms with Crippen molar-refractivity contribution in [2.24, 2.45) is 5.73 Å². The van der Waals surface area contributed by atoms with E-state index in [1.54, 1.807) is 17.0 Å². The van der Waals surface area contributed by atoms with E-state index in [4.69, 9.17) is 19.9 Å². The highest BCUT2D eigenvalue weighted by atomic mass is 16.6. The van der Waals surface area contributed by atoms with E-state index in [0.29, 0.717) is 43.5 Å². The van der Waals surface area contributed by atoms with Crippen molar-refractivity contribution in [2.45, 2.75) is 5.92 Å². The summed E-state index contributed by atoms with van der Waals surface area (Å²) in [6.07, 6.45) is -0.414. The summed E-state index contributed by atoms with van der Waals surface area (Å²) >= 11 is 0. The third-order valence-corrected chi connectivity index (χ3v) is 5.69. The van der Waals surface area contributed by atoms with Crippen LogP contribution in [0.2, 0.25) is 0 Å². The number of H-pyrrole nitrogens is 1. The summed E-state index contributed by atoms with van der Waals surface area (Å²) in [5, 5.41) is 17.2. The molecule has 2 aliphatic heterocycles. The van der Waals surface area contributed by atoms with Crippen LogP contribution in [-0.2, 0) is 4.74 Å². The van der Waals surface area contributed by atoms with E-state index in [9.17, 15) is 10.1 Å². The van der Waals surface area contributed by atoms with Crippen molar-refractivity contribution in [3.8, 4) is 29.0 Å². The molecule has 1 atom stereocenters. The molecule has 0 unspecified atom stereocenters. The number of nitrogens with one attached hydrogen (secondary N) is 1. The second kappa shape index (κ2) is 8.68. The van der Waals surface area contributed by atoms with Crippen molar-refractivity contribution in [2.75, 3.05) is 26.3 Å². The summed E-state index contributed by atoms with van der Waals surface area (Å²) in [5.74, 6) is 0.271. The van der Waals surface area contributed by atoms with E-state index in [1.165, 1.54) is 0 Å². The van der Waals surface area contributed by atoms with Gasteiger partial charge in [-0.25, -0.2) is 4.79 Å². The predicted molar refractivity (Wildman–Crippen MR) is 118 cm³/mol. The number of amides is 1. The van der Waals surface area contributed by atoms with Crippen molar-refractivity contribution in [3.63, 3.8) is 0 Å². The van der Waals surface area contributed by atoms with Crippen molar-refractivity contribution >= 4 is 6.09 Å². The molecule has 1 fully saturated rings. The van der Waals surface area contributed by atoms with Crippen LogP contribution >= 0.6 is 0 Å². The molecular weight excluding hydrogens is 422 g/mol. The minimum absolute atomic E-state index is 0.0175. The molecule has 0 spiro atoms. The number of nitriles is 1. The van der Waals surface area contributed by atoms with Gasteiger partial charge in [0.05, 0.1) is 30.4 Å². The number of fused-ring (bicyclic) bond motifs is 1. The van der Waals surface area contributed by atoms with Crippen LogP contribution in [0.25, 0.3) is 11.3 Å².